The molecule has 2 aromatic heterocycles. The fraction of sp³-hybridized carbons (Fsp3) is 0.176. The van der Waals surface area contributed by atoms with Crippen LogP contribution in [0.3, 0.4) is 0 Å². The van der Waals surface area contributed by atoms with Gasteiger partial charge in [-0.1, -0.05) is 12.1 Å². The van der Waals surface area contributed by atoms with Crippen molar-refractivity contribution in [2.75, 3.05) is 13.1 Å². The fourth-order valence-electron chi connectivity index (χ4n) is 2.94. The first-order valence-corrected chi connectivity index (χ1v) is 7.41. The number of carbonyl (C=O) groups is 1. The summed E-state index contributed by atoms with van der Waals surface area (Å²) in [6, 6.07) is 8.51. The predicted molar refractivity (Wildman–Crippen MR) is 85.2 cm³/mol. The average Bonchev–Trinajstić information content (AvgIpc) is 3.03. The van der Waals surface area contributed by atoms with Crippen molar-refractivity contribution in [2.24, 2.45) is 0 Å². The molecule has 0 atom stereocenters. The van der Waals surface area contributed by atoms with Crippen LogP contribution in [0.2, 0.25) is 0 Å². The Kier molecular flexibility index (Phi) is 3.06. The van der Waals surface area contributed by atoms with Gasteiger partial charge in [-0.25, -0.2) is 8.78 Å². The van der Waals surface area contributed by atoms with Crippen LogP contribution in [-0.4, -0.2) is 39.8 Å². The van der Waals surface area contributed by atoms with Crippen LogP contribution in [0, 0.1) is 0 Å². The summed E-state index contributed by atoms with van der Waals surface area (Å²) in [5, 5.41) is 0.778. The molecule has 3 aromatic rings. The first kappa shape index (κ1) is 14.6. The van der Waals surface area contributed by atoms with Gasteiger partial charge in [0.15, 0.2) is 0 Å². The molecule has 0 saturated carbocycles. The second-order valence-electron chi connectivity index (χ2n) is 5.89. The molecule has 1 fully saturated rings. The molecule has 1 amide bonds. The number of likely N-dealkylation sites (tertiary alicyclic amines) is 1. The Balaban J connectivity index is 1.64. The predicted octanol–water partition coefficient (Wildman–Crippen LogP) is 2.61. The van der Waals surface area contributed by atoms with Gasteiger partial charge in [-0.2, -0.15) is 0 Å². The molecule has 1 saturated heterocycles. The second kappa shape index (κ2) is 5.02. The molecule has 0 bridgehead atoms. The van der Waals surface area contributed by atoms with Gasteiger partial charge in [0, 0.05) is 28.9 Å². The van der Waals surface area contributed by atoms with Crippen molar-refractivity contribution in [3.05, 3.63) is 58.6 Å². The number of rotatable bonds is 2. The highest BCUT2D eigenvalue weighted by atomic mass is 19.3. The van der Waals surface area contributed by atoms with Gasteiger partial charge in [0.2, 0.25) is 0 Å². The summed E-state index contributed by atoms with van der Waals surface area (Å²) < 4.78 is 25.7. The zero-order chi connectivity index (χ0) is 16.9. The van der Waals surface area contributed by atoms with Crippen molar-refractivity contribution in [3.63, 3.8) is 0 Å². The van der Waals surface area contributed by atoms with Gasteiger partial charge in [0.25, 0.3) is 17.4 Å². The number of aromatic amines is 2. The Labute approximate surface area is 134 Å². The number of alkyl halides is 2. The molecule has 7 heteroatoms. The molecule has 5 nitrogen and oxygen atoms in total. The molecule has 1 aliphatic heterocycles. The molecule has 0 spiro atoms. The summed E-state index contributed by atoms with van der Waals surface area (Å²) in [6.45, 7) is -1.06. The highest BCUT2D eigenvalue weighted by Crippen LogP contribution is 2.29. The number of benzene rings is 1. The van der Waals surface area contributed by atoms with Gasteiger partial charge >= 0.3 is 0 Å². The van der Waals surface area contributed by atoms with Crippen LogP contribution >= 0.6 is 0 Å². The first-order valence-electron chi connectivity index (χ1n) is 7.41. The van der Waals surface area contributed by atoms with Gasteiger partial charge in [0.1, 0.15) is 5.52 Å². The molecule has 24 heavy (non-hydrogen) atoms. The summed E-state index contributed by atoms with van der Waals surface area (Å²) in [5.41, 5.74) is 2.28. The molecule has 3 heterocycles. The first-order chi connectivity index (χ1) is 11.4. The van der Waals surface area contributed by atoms with Gasteiger partial charge in [0.05, 0.1) is 13.1 Å². The van der Waals surface area contributed by atoms with E-state index in [0.717, 1.165) is 21.4 Å². The van der Waals surface area contributed by atoms with Crippen LogP contribution in [0.15, 0.2) is 47.5 Å². The topological polar surface area (TPSA) is 69.0 Å². The minimum Gasteiger partial charge on any atom is -0.357 e. The van der Waals surface area contributed by atoms with E-state index in [1.165, 1.54) is 0 Å². The van der Waals surface area contributed by atoms with Crippen LogP contribution in [0.1, 0.15) is 10.4 Å². The maximum absolute atomic E-state index is 12.9. The summed E-state index contributed by atoms with van der Waals surface area (Å²) in [4.78, 5) is 30.5. The molecule has 2 N–H and O–H groups in total. The molecular weight excluding hydrogens is 316 g/mol. The second-order valence-corrected chi connectivity index (χ2v) is 5.89. The minimum atomic E-state index is -2.77. The fourth-order valence-corrected chi connectivity index (χ4v) is 2.94. The third kappa shape index (κ3) is 2.29. The van der Waals surface area contributed by atoms with E-state index in [2.05, 4.69) is 9.97 Å². The Morgan fingerprint density at radius 1 is 1.08 bits per heavy atom. The number of fused-ring (bicyclic) bond motifs is 1. The maximum Gasteiger partial charge on any atom is 0.282 e. The lowest BCUT2D eigenvalue weighted by Crippen LogP contribution is -2.58. The van der Waals surface area contributed by atoms with E-state index in [1.807, 2.05) is 0 Å². The van der Waals surface area contributed by atoms with Crippen LogP contribution in [0.5, 0.6) is 0 Å². The number of H-pyrrole nitrogens is 2. The highest BCUT2D eigenvalue weighted by Gasteiger charge is 2.46. The normalized spacial score (nSPS) is 16.2. The van der Waals surface area contributed by atoms with Gasteiger partial charge in [-0.15, -0.1) is 0 Å². The molecule has 4 rings (SSSR count). The van der Waals surface area contributed by atoms with Crippen molar-refractivity contribution in [1.29, 1.82) is 0 Å². The standard InChI is InChI=1S/C17H13F2N3O2/c18-17(19)8-22(9-17)16(24)11-3-1-10(2-4-11)13-7-21-15(23)14-12(13)5-6-20-14/h1-7,20H,8-9H2,(H,21,23). The van der Waals surface area contributed by atoms with Crippen LogP contribution in [-0.2, 0) is 0 Å². The van der Waals surface area contributed by atoms with Crippen molar-refractivity contribution >= 4 is 16.8 Å². The van der Waals surface area contributed by atoms with Crippen molar-refractivity contribution in [1.82, 2.24) is 14.9 Å². The molecular formula is C17H13F2N3O2. The smallest absolute Gasteiger partial charge is 0.282 e. The summed E-state index contributed by atoms with van der Waals surface area (Å²) in [6.07, 6.45) is 3.30. The summed E-state index contributed by atoms with van der Waals surface area (Å²) in [5.74, 6) is -3.17. The van der Waals surface area contributed by atoms with E-state index in [0.29, 0.717) is 11.1 Å². The number of halogens is 2. The van der Waals surface area contributed by atoms with E-state index >= 15 is 0 Å². The lowest BCUT2D eigenvalue weighted by molar-refractivity contribution is -0.113. The lowest BCUT2D eigenvalue weighted by atomic mass is 10.0. The quantitative estimate of drug-likeness (QED) is 0.759. The number of amides is 1. The number of pyridine rings is 1. The van der Waals surface area contributed by atoms with Gasteiger partial charge in [-0.3, -0.25) is 9.59 Å². The average molecular weight is 329 g/mol. The number of hydrogen-bond acceptors (Lipinski definition) is 2. The number of aromatic nitrogens is 2. The van der Waals surface area contributed by atoms with Crippen molar-refractivity contribution < 1.29 is 13.6 Å². The molecule has 0 radical (unpaired) electrons. The van der Waals surface area contributed by atoms with Gasteiger partial charge in [-0.05, 0) is 23.8 Å². The number of nitrogens with zero attached hydrogens (tertiary/aromatic N) is 1. The van der Waals surface area contributed by atoms with Crippen LogP contribution in [0.25, 0.3) is 22.0 Å². The third-order valence-corrected chi connectivity index (χ3v) is 4.19. The lowest BCUT2D eigenvalue weighted by Gasteiger charge is -2.38. The number of nitrogens with one attached hydrogen (secondary N) is 2. The van der Waals surface area contributed by atoms with E-state index in [1.54, 1.807) is 42.7 Å². The monoisotopic (exact) mass is 329 g/mol. The molecule has 122 valence electrons. The molecule has 1 aliphatic rings. The largest absolute Gasteiger partial charge is 0.357 e. The summed E-state index contributed by atoms with van der Waals surface area (Å²) in [7, 11) is 0. The van der Waals surface area contributed by atoms with E-state index < -0.39 is 24.9 Å². The zero-order valence-corrected chi connectivity index (χ0v) is 12.5. The molecule has 0 aliphatic carbocycles. The van der Waals surface area contributed by atoms with E-state index in [9.17, 15) is 18.4 Å². The maximum atomic E-state index is 12.9. The molecule has 1 aromatic carbocycles. The van der Waals surface area contributed by atoms with Crippen LogP contribution < -0.4 is 5.56 Å². The van der Waals surface area contributed by atoms with Crippen LogP contribution in [0.4, 0.5) is 8.78 Å². The highest BCUT2D eigenvalue weighted by molar-refractivity contribution is 5.97. The third-order valence-electron chi connectivity index (χ3n) is 4.19. The zero-order valence-electron chi connectivity index (χ0n) is 12.5. The Morgan fingerprint density at radius 2 is 1.79 bits per heavy atom. The Morgan fingerprint density at radius 3 is 2.46 bits per heavy atom. The summed E-state index contributed by atoms with van der Waals surface area (Å²) >= 11 is 0. The Hall–Kier alpha value is -2.96. The van der Waals surface area contributed by atoms with Crippen molar-refractivity contribution in [2.45, 2.75) is 5.92 Å². The minimum absolute atomic E-state index is 0.204. The van der Waals surface area contributed by atoms with E-state index in [4.69, 9.17) is 0 Å². The molecule has 0 unspecified atom stereocenters. The van der Waals surface area contributed by atoms with Gasteiger partial charge < -0.3 is 14.9 Å². The number of hydrogen-bond donors (Lipinski definition) is 2. The Bertz CT molecular complexity index is 981. The van der Waals surface area contributed by atoms with Crippen molar-refractivity contribution in [3.8, 4) is 11.1 Å². The SMILES string of the molecule is O=C(c1ccc(-c2c[nH]c(=O)c3[nH]ccc23)cc1)N1CC(F)(F)C1. The van der Waals surface area contributed by atoms with E-state index in [-0.39, 0.29) is 5.56 Å². The number of carbonyl (C=O) groups excluding carboxylic acids is 1.